The molecule has 18 heavy (non-hydrogen) atoms. The Morgan fingerprint density at radius 1 is 1.06 bits per heavy atom. The Balaban J connectivity index is 1.46. The molecule has 1 aromatic carbocycles. The highest BCUT2D eigenvalue weighted by Crippen LogP contribution is 2.36. The Bertz CT molecular complexity index is 358. The zero-order valence-electron chi connectivity index (χ0n) is 11.2. The van der Waals surface area contributed by atoms with Crippen LogP contribution in [-0.2, 0) is 6.42 Å². The number of nitrogens with one attached hydrogen (secondary N) is 1. The average Bonchev–Trinajstić information content (AvgIpc) is 2.88. The summed E-state index contributed by atoms with van der Waals surface area (Å²) in [6.45, 7) is 6.33. The maximum atomic E-state index is 3.54. The normalized spacial score (nSPS) is 23.6. The SMILES string of the molecule is c1ccc(CCN2CCC3(CCNC3)CC2)cc1. The van der Waals surface area contributed by atoms with Gasteiger partial charge in [0.15, 0.2) is 0 Å². The molecule has 1 aromatic rings. The van der Waals surface area contributed by atoms with Gasteiger partial charge in [-0.3, -0.25) is 0 Å². The van der Waals surface area contributed by atoms with Crippen LogP contribution in [0.5, 0.6) is 0 Å². The van der Waals surface area contributed by atoms with E-state index in [0.29, 0.717) is 5.41 Å². The van der Waals surface area contributed by atoms with Crippen LogP contribution in [0.1, 0.15) is 24.8 Å². The van der Waals surface area contributed by atoms with E-state index in [9.17, 15) is 0 Å². The van der Waals surface area contributed by atoms with Crippen molar-refractivity contribution in [2.45, 2.75) is 25.7 Å². The van der Waals surface area contributed by atoms with Crippen LogP contribution in [0.25, 0.3) is 0 Å². The molecule has 0 aromatic heterocycles. The minimum absolute atomic E-state index is 0.656. The third-order valence-corrected chi connectivity index (χ3v) is 4.81. The number of hydrogen-bond acceptors (Lipinski definition) is 2. The molecule has 2 heterocycles. The Kier molecular flexibility index (Phi) is 3.67. The van der Waals surface area contributed by atoms with Gasteiger partial charge in [-0.25, -0.2) is 0 Å². The molecule has 0 aliphatic carbocycles. The summed E-state index contributed by atoms with van der Waals surface area (Å²) < 4.78 is 0. The Labute approximate surface area is 110 Å². The van der Waals surface area contributed by atoms with Crippen molar-refractivity contribution in [3.63, 3.8) is 0 Å². The smallest absolute Gasteiger partial charge is 0.00218 e. The van der Waals surface area contributed by atoms with E-state index in [1.165, 1.54) is 64.0 Å². The molecule has 0 unspecified atom stereocenters. The van der Waals surface area contributed by atoms with E-state index < -0.39 is 0 Å². The van der Waals surface area contributed by atoms with Crippen LogP contribution >= 0.6 is 0 Å². The molecule has 0 atom stereocenters. The molecule has 2 heteroatoms. The molecule has 98 valence electrons. The van der Waals surface area contributed by atoms with Gasteiger partial charge in [0.05, 0.1) is 0 Å². The summed E-state index contributed by atoms with van der Waals surface area (Å²) in [6.07, 6.45) is 5.40. The second-order valence-electron chi connectivity index (χ2n) is 6.00. The monoisotopic (exact) mass is 244 g/mol. The van der Waals surface area contributed by atoms with Crippen molar-refractivity contribution in [2.24, 2.45) is 5.41 Å². The van der Waals surface area contributed by atoms with Gasteiger partial charge in [0.25, 0.3) is 0 Å². The van der Waals surface area contributed by atoms with Crippen LogP contribution in [0, 0.1) is 5.41 Å². The molecule has 0 radical (unpaired) electrons. The molecule has 2 aliphatic rings. The standard InChI is InChI=1S/C16H24N2/c1-2-4-15(5-3-1)6-11-18-12-8-16(9-13-18)7-10-17-14-16/h1-5,17H,6-14H2. The predicted octanol–water partition coefficient (Wildman–Crippen LogP) is 2.30. The summed E-state index contributed by atoms with van der Waals surface area (Å²) >= 11 is 0. The van der Waals surface area contributed by atoms with E-state index >= 15 is 0 Å². The van der Waals surface area contributed by atoms with Gasteiger partial charge < -0.3 is 10.2 Å². The number of rotatable bonds is 3. The maximum Gasteiger partial charge on any atom is 0.00218 e. The van der Waals surface area contributed by atoms with Gasteiger partial charge in [0.2, 0.25) is 0 Å². The van der Waals surface area contributed by atoms with Gasteiger partial charge in [-0.05, 0) is 56.3 Å². The quantitative estimate of drug-likeness (QED) is 0.878. The topological polar surface area (TPSA) is 15.3 Å². The highest BCUT2D eigenvalue weighted by molar-refractivity contribution is 5.14. The van der Waals surface area contributed by atoms with Gasteiger partial charge in [-0.1, -0.05) is 30.3 Å². The summed E-state index contributed by atoms with van der Waals surface area (Å²) in [4.78, 5) is 2.65. The van der Waals surface area contributed by atoms with Crippen molar-refractivity contribution in [2.75, 3.05) is 32.7 Å². The van der Waals surface area contributed by atoms with Gasteiger partial charge >= 0.3 is 0 Å². The van der Waals surface area contributed by atoms with E-state index in [1.54, 1.807) is 0 Å². The second kappa shape index (κ2) is 5.41. The predicted molar refractivity (Wildman–Crippen MR) is 75.7 cm³/mol. The molecular formula is C16H24N2. The number of nitrogens with zero attached hydrogens (tertiary/aromatic N) is 1. The summed E-state index contributed by atoms with van der Waals surface area (Å²) in [5.41, 5.74) is 2.13. The third kappa shape index (κ3) is 2.76. The lowest BCUT2D eigenvalue weighted by atomic mass is 9.78. The molecule has 0 amide bonds. The zero-order chi connectivity index (χ0) is 12.3. The first-order valence-electron chi connectivity index (χ1n) is 7.33. The molecule has 0 bridgehead atoms. The minimum atomic E-state index is 0.656. The van der Waals surface area contributed by atoms with Crippen LogP contribution in [-0.4, -0.2) is 37.6 Å². The van der Waals surface area contributed by atoms with Crippen molar-refractivity contribution in [1.29, 1.82) is 0 Å². The fraction of sp³-hybridized carbons (Fsp3) is 0.625. The molecule has 2 nitrogen and oxygen atoms in total. The van der Waals surface area contributed by atoms with E-state index in [2.05, 4.69) is 40.5 Å². The third-order valence-electron chi connectivity index (χ3n) is 4.81. The highest BCUT2D eigenvalue weighted by Gasteiger charge is 2.36. The number of hydrogen-bond donors (Lipinski definition) is 1. The largest absolute Gasteiger partial charge is 0.316 e. The van der Waals surface area contributed by atoms with E-state index in [0.717, 1.165) is 0 Å². The molecule has 2 fully saturated rings. The van der Waals surface area contributed by atoms with Gasteiger partial charge in [-0.15, -0.1) is 0 Å². The average molecular weight is 244 g/mol. The molecular weight excluding hydrogens is 220 g/mol. The fourth-order valence-electron chi connectivity index (χ4n) is 3.41. The summed E-state index contributed by atoms with van der Waals surface area (Å²) in [5, 5.41) is 3.54. The van der Waals surface area contributed by atoms with E-state index in [4.69, 9.17) is 0 Å². The molecule has 1 N–H and O–H groups in total. The van der Waals surface area contributed by atoms with Crippen molar-refractivity contribution in [3.05, 3.63) is 35.9 Å². The Hall–Kier alpha value is -0.860. The van der Waals surface area contributed by atoms with Crippen LogP contribution in [0.3, 0.4) is 0 Å². The lowest BCUT2D eigenvalue weighted by Gasteiger charge is -2.38. The van der Waals surface area contributed by atoms with Crippen LogP contribution in [0.2, 0.25) is 0 Å². The fourth-order valence-corrected chi connectivity index (χ4v) is 3.41. The Morgan fingerprint density at radius 2 is 1.83 bits per heavy atom. The van der Waals surface area contributed by atoms with Crippen molar-refractivity contribution in [1.82, 2.24) is 10.2 Å². The van der Waals surface area contributed by atoms with Crippen LogP contribution < -0.4 is 5.32 Å². The molecule has 1 spiro atoms. The van der Waals surface area contributed by atoms with Gasteiger partial charge in [0.1, 0.15) is 0 Å². The number of benzene rings is 1. The van der Waals surface area contributed by atoms with Crippen molar-refractivity contribution >= 4 is 0 Å². The maximum absolute atomic E-state index is 3.54. The minimum Gasteiger partial charge on any atom is -0.316 e. The highest BCUT2D eigenvalue weighted by atomic mass is 15.1. The lowest BCUT2D eigenvalue weighted by Crippen LogP contribution is -2.41. The second-order valence-corrected chi connectivity index (χ2v) is 6.00. The Morgan fingerprint density at radius 3 is 2.50 bits per heavy atom. The molecule has 2 saturated heterocycles. The molecule has 0 saturated carbocycles. The summed E-state index contributed by atoms with van der Waals surface area (Å²) in [6, 6.07) is 10.9. The summed E-state index contributed by atoms with van der Waals surface area (Å²) in [7, 11) is 0. The summed E-state index contributed by atoms with van der Waals surface area (Å²) in [5.74, 6) is 0. The van der Waals surface area contributed by atoms with Crippen LogP contribution in [0.4, 0.5) is 0 Å². The molecule has 2 aliphatic heterocycles. The first-order chi connectivity index (χ1) is 8.86. The zero-order valence-corrected chi connectivity index (χ0v) is 11.2. The lowest BCUT2D eigenvalue weighted by molar-refractivity contribution is 0.120. The number of likely N-dealkylation sites (tertiary alicyclic amines) is 1. The number of piperidine rings is 1. The molecule has 3 rings (SSSR count). The first-order valence-corrected chi connectivity index (χ1v) is 7.33. The van der Waals surface area contributed by atoms with Gasteiger partial charge in [-0.2, -0.15) is 0 Å². The van der Waals surface area contributed by atoms with Crippen molar-refractivity contribution in [3.8, 4) is 0 Å². The van der Waals surface area contributed by atoms with Crippen LogP contribution in [0.15, 0.2) is 30.3 Å². The van der Waals surface area contributed by atoms with Gasteiger partial charge in [0, 0.05) is 13.1 Å². The first kappa shape index (κ1) is 12.2. The van der Waals surface area contributed by atoms with Crippen molar-refractivity contribution < 1.29 is 0 Å². The van der Waals surface area contributed by atoms with E-state index in [-0.39, 0.29) is 0 Å². The van der Waals surface area contributed by atoms with E-state index in [1.807, 2.05) is 0 Å².